The fraction of sp³-hybridized carbons (Fsp3) is 0.333. The third-order valence-corrected chi connectivity index (χ3v) is 6.49. The molecule has 3 aromatic rings. The van der Waals surface area contributed by atoms with E-state index in [0.717, 1.165) is 22.8 Å². The first-order chi connectivity index (χ1) is 17.9. The van der Waals surface area contributed by atoms with Gasteiger partial charge >= 0.3 is 6.09 Å². The molecule has 2 aliphatic rings. The summed E-state index contributed by atoms with van der Waals surface area (Å²) in [6, 6.07) is 14.6. The Kier molecular flexibility index (Phi) is 6.56. The van der Waals surface area contributed by atoms with Gasteiger partial charge in [0.25, 0.3) is 17.7 Å². The highest BCUT2D eigenvalue weighted by Crippen LogP contribution is 2.41. The molecule has 1 aliphatic carbocycles. The van der Waals surface area contributed by atoms with Crippen LogP contribution in [-0.2, 0) is 4.74 Å². The number of para-hydroxylation sites is 2. The number of aryl methyl sites for hydroxylation is 1. The Morgan fingerprint density at radius 1 is 1.05 bits per heavy atom. The second-order valence-corrected chi connectivity index (χ2v) is 8.98. The second kappa shape index (κ2) is 9.96. The zero-order valence-corrected chi connectivity index (χ0v) is 21.0. The summed E-state index contributed by atoms with van der Waals surface area (Å²) < 4.78 is 16.1. The molecular formula is C27H28N4O6. The lowest BCUT2D eigenvalue weighted by molar-refractivity contribution is 0.0720. The molecule has 1 aliphatic heterocycles. The van der Waals surface area contributed by atoms with E-state index in [9.17, 15) is 14.4 Å². The SMILES string of the molecule is CCOC(=O)N(C)C(=O)c1ccc(Oc2noc(C)c2C(=O)N2CCN(C3CC3)c3ccccc32)cc1. The number of rotatable bonds is 6. The second-order valence-electron chi connectivity index (χ2n) is 8.98. The number of hydrogen-bond donors (Lipinski definition) is 0. The van der Waals surface area contributed by atoms with Crippen molar-refractivity contribution in [2.24, 2.45) is 0 Å². The van der Waals surface area contributed by atoms with Gasteiger partial charge in [-0.2, -0.15) is 0 Å². The van der Waals surface area contributed by atoms with Crippen molar-refractivity contribution >= 4 is 29.3 Å². The van der Waals surface area contributed by atoms with Crippen molar-refractivity contribution in [1.82, 2.24) is 10.1 Å². The normalized spacial score (nSPS) is 14.7. The number of ether oxygens (including phenoxy) is 2. The van der Waals surface area contributed by atoms with Gasteiger partial charge in [-0.05, 0) is 68.2 Å². The lowest BCUT2D eigenvalue weighted by Gasteiger charge is -2.37. The molecule has 10 heteroatoms. The Morgan fingerprint density at radius 2 is 1.76 bits per heavy atom. The smallest absolute Gasteiger partial charge is 0.416 e. The quantitative estimate of drug-likeness (QED) is 0.478. The van der Waals surface area contributed by atoms with Crippen LogP contribution in [-0.4, -0.2) is 60.8 Å². The predicted octanol–water partition coefficient (Wildman–Crippen LogP) is 4.63. The van der Waals surface area contributed by atoms with Gasteiger partial charge in [0.05, 0.1) is 18.0 Å². The molecule has 0 spiro atoms. The maximum atomic E-state index is 13.7. The van der Waals surface area contributed by atoms with Crippen LogP contribution in [0, 0.1) is 6.92 Å². The topological polar surface area (TPSA) is 105 Å². The van der Waals surface area contributed by atoms with E-state index in [1.807, 2.05) is 24.3 Å². The summed E-state index contributed by atoms with van der Waals surface area (Å²) in [5, 5.41) is 3.97. The summed E-state index contributed by atoms with van der Waals surface area (Å²) in [5.41, 5.74) is 2.43. The van der Waals surface area contributed by atoms with E-state index >= 15 is 0 Å². The molecule has 1 fully saturated rings. The van der Waals surface area contributed by atoms with Crippen molar-refractivity contribution in [1.29, 1.82) is 0 Å². The number of fused-ring (bicyclic) bond motifs is 1. The van der Waals surface area contributed by atoms with E-state index in [1.165, 1.54) is 32.0 Å². The van der Waals surface area contributed by atoms with E-state index in [4.69, 9.17) is 14.0 Å². The van der Waals surface area contributed by atoms with Gasteiger partial charge < -0.3 is 23.8 Å². The van der Waals surface area contributed by atoms with Crippen molar-refractivity contribution in [3.63, 3.8) is 0 Å². The van der Waals surface area contributed by atoms with Crippen molar-refractivity contribution in [3.8, 4) is 11.6 Å². The van der Waals surface area contributed by atoms with Crippen LogP contribution >= 0.6 is 0 Å². The fourth-order valence-corrected chi connectivity index (χ4v) is 4.43. The summed E-state index contributed by atoms with van der Waals surface area (Å²) in [5.74, 6) is -0.00409. The molecule has 0 saturated heterocycles. The average molecular weight is 505 g/mol. The highest BCUT2D eigenvalue weighted by Gasteiger charge is 2.37. The highest BCUT2D eigenvalue weighted by atomic mass is 16.6. The number of benzene rings is 2. The van der Waals surface area contributed by atoms with E-state index < -0.39 is 12.0 Å². The summed E-state index contributed by atoms with van der Waals surface area (Å²) in [4.78, 5) is 43.1. The van der Waals surface area contributed by atoms with E-state index in [1.54, 1.807) is 30.9 Å². The van der Waals surface area contributed by atoms with Gasteiger partial charge in [0, 0.05) is 31.7 Å². The Labute approximate surface area is 214 Å². The lowest BCUT2D eigenvalue weighted by Crippen LogP contribution is -2.45. The van der Waals surface area contributed by atoms with Gasteiger partial charge in [-0.3, -0.25) is 9.59 Å². The molecule has 5 rings (SSSR count). The number of carbonyl (C=O) groups excluding carboxylic acids is 3. The molecule has 3 amide bonds. The Morgan fingerprint density at radius 3 is 2.43 bits per heavy atom. The molecule has 0 radical (unpaired) electrons. The Balaban J connectivity index is 1.35. The van der Waals surface area contributed by atoms with Crippen molar-refractivity contribution in [3.05, 3.63) is 65.4 Å². The minimum atomic E-state index is -0.728. The number of anilines is 2. The maximum Gasteiger partial charge on any atom is 0.416 e. The number of nitrogens with zero attached hydrogens (tertiary/aromatic N) is 4. The molecule has 1 saturated carbocycles. The lowest BCUT2D eigenvalue weighted by atomic mass is 10.1. The third-order valence-electron chi connectivity index (χ3n) is 6.49. The highest BCUT2D eigenvalue weighted by molar-refractivity contribution is 6.10. The zero-order valence-electron chi connectivity index (χ0n) is 21.0. The molecule has 192 valence electrons. The van der Waals surface area contributed by atoms with Crippen molar-refractivity contribution < 1.29 is 28.4 Å². The molecule has 0 unspecified atom stereocenters. The van der Waals surface area contributed by atoms with Crippen molar-refractivity contribution in [2.45, 2.75) is 32.7 Å². The van der Waals surface area contributed by atoms with Crippen LogP contribution in [0.4, 0.5) is 16.2 Å². The summed E-state index contributed by atoms with van der Waals surface area (Å²) in [6.07, 6.45) is 1.62. The van der Waals surface area contributed by atoms with Gasteiger partial charge in [0.15, 0.2) is 5.76 Å². The zero-order chi connectivity index (χ0) is 26.1. The molecular weight excluding hydrogens is 476 g/mol. The van der Waals surface area contributed by atoms with Crippen molar-refractivity contribution in [2.75, 3.05) is 36.5 Å². The van der Waals surface area contributed by atoms with E-state index in [-0.39, 0.29) is 29.5 Å². The third kappa shape index (κ3) is 4.74. The molecule has 2 heterocycles. The monoisotopic (exact) mass is 504 g/mol. The fourth-order valence-electron chi connectivity index (χ4n) is 4.43. The van der Waals surface area contributed by atoms with Crippen LogP contribution in [0.3, 0.4) is 0 Å². The standard InChI is InChI=1S/C27H28N4O6/c1-4-35-27(34)29(3)25(32)18-9-13-20(14-10-18)36-24-23(17(2)37-28-24)26(33)31-16-15-30(19-11-12-19)21-7-5-6-8-22(21)31/h5-10,13-14,19H,4,11-12,15-16H2,1-3H3. The maximum absolute atomic E-state index is 13.7. The predicted molar refractivity (Wildman–Crippen MR) is 135 cm³/mol. The summed E-state index contributed by atoms with van der Waals surface area (Å²) in [7, 11) is 1.35. The molecule has 1 aromatic heterocycles. The van der Waals surface area contributed by atoms with Crippen LogP contribution in [0.1, 0.15) is 46.2 Å². The van der Waals surface area contributed by atoms with Gasteiger partial charge in [-0.15, -0.1) is 0 Å². The molecule has 37 heavy (non-hydrogen) atoms. The van der Waals surface area contributed by atoms with Crippen LogP contribution in [0.5, 0.6) is 11.6 Å². The number of hydrogen-bond acceptors (Lipinski definition) is 8. The van der Waals surface area contributed by atoms with Gasteiger partial charge in [-0.25, -0.2) is 9.69 Å². The number of amides is 3. The van der Waals surface area contributed by atoms with E-state index in [2.05, 4.69) is 10.1 Å². The Hall–Kier alpha value is -4.34. The molecule has 2 aromatic carbocycles. The van der Waals surface area contributed by atoms with Gasteiger partial charge in [0.2, 0.25) is 0 Å². The van der Waals surface area contributed by atoms with Crippen LogP contribution < -0.4 is 14.5 Å². The average Bonchev–Trinajstić information content (AvgIpc) is 3.70. The van der Waals surface area contributed by atoms with Crippen LogP contribution in [0.2, 0.25) is 0 Å². The first-order valence-corrected chi connectivity index (χ1v) is 12.3. The number of carbonyl (C=O) groups is 3. The summed E-state index contributed by atoms with van der Waals surface area (Å²) in [6.45, 7) is 4.81. The first kappa shape index (κ1) is 24.4. The molecule has 10 nitrogen and oxygen atoms in total. The van der Waals surface area contributed by atoms with Crippen LogP contribution in [0.25, 0.3) is 0 Å². The summed E-state index contributed by atoms with van der Waals surface area (Å²) >= 11 is 0. The number of imide groups is 1. The van der Waals surface area contributed by atoms with Gasteiger partial charge in [-0.1, -0.05) is 12.1 Å². The molecule has 0 N–H and O–H groups in total. The first-order valence-electron chi connectivity index (χ1n) is 12.3. The minimum absolute atomic E-state index is 0.0484. The van der Waals surface area contributed by atoms with E-state index in [0.29, 0.717) is 24.1 Å². The van der Waals surface area contributed by atoms with Gasteiger partial charge in [0.1, 0.15) is 11.3 Å². The Bertz CT molecular complexity index is 1330. The molecule has 0 atom stereocenters. The largest absolute Gasteiger partial charge is 0.449 e. The number of aromatic nitrogens is 1. The van der Waals surface area contributed by atoms with Crippen LogP contribution in [0.15, 0.2) is 53.1 Å². The minimum Gasteiger partial charge on any atom is -0.449 e. The molecule has 0 bridgehead atoms.